The lowest BCUT2D eigenvalue weighted by atomic mass is 10.2. The average molecular weight is 387 g/mol. The Morgan fingerprint density at radius 2 is 1.96 bits per heavy atom. The number of nitrogens with one attached hydrogen (secondary N) is 1. The number of carbonyl (C=O) groups is 1. The highest BCUT2D eigenvalue weighted by molar-refractivity contribution is 7.89. The lowest BCUT2D eigenvalue weighted by Crippen LogP contribution is -2.31. The van der Waals surface area contributed by atoms with Crippen LogP contribution in [-0.2, 0) is 16.6 Å². The Labute approximate surface area is 151 Å². The van der Waals surface area contributed by atoms with Gasteiger partial charge in [-0.15, -0.1) is 0 Å². The first kappa shape index (κ1) is 18.9. The lowest BCUT2D eigenvalue weighted by Gasteiger charge is -2.19. The number of amides is 1. The second kappa shape index (κ2) is 8.11. The van der Waals surface area contributed by atoms with Gasteiger partial charge in [-0.3, -0.25) is 4.79 Å². The molecule has 0 atom stereocenters. The fourth-order valence-corrected chi connectivity index (χ4v) is 4.58. The van der Waals surface area contributed by atoms with Gasteiger partial charge in [0, 0.05) is 19.6 Å². The van der Waals surface area contributed by atoms with Gasteiger partial charge in [-0.05, 0) is 40.6 Å². The molecule has 2 rings (SSSR count). The molecular formula is C16H19ClN2O3S2. The zero-order valence-corrected chi connectivity index (χ0v) is 15.8. The fraction of sp³-hybridized carbons (Fsp3) is 0.312. The molecule has 24 heavy (non-hydrogen) atoms. The van der Waals surface area contributed by atoms with Crippen LogP contribution in [0, 0.1) is 0 Å². The van der Waals surface area contributed by atoms with Crippen LogP contribution in [0.4, 0.5) is 0 Å². The van der Waals surface area contributed by atoms with Crippen LogP contribution < -0.4 is 5.32 Å². The predicted molar refractivity (Wildman–Crippen MR) is 97.0 cm³/mol. The van der Waals surface area contributed by atoms with Gasteiger partial charge in [0.05, 0.1) is 15.5 Å². The Balaban J connectivity index is 2.26. The number of rotatable bonds is 7. The molecule has 2 aromatic rings. The van der Waals surface area contributed by atoms with Crippen LogP contribution in [0.2, 0.25) is 5.02 Å². The third-order valence-electron chi connectivity index (χ3n) is 3.56. The first-order valence-corrected chi connectivity index (χ1v) is 10.2. The van der Waals surface area contributed by atoms with Crippen LogP contribution in [0.1, 0.15) is 29.8 Å². The van der Waals surface area contributed by atoms with Gasteiger partial charge in [-0.1, -0.05) is 25.4 Å². The Morgan fingerprint density at radius 3 is 2.54 bits per heavy atom. The quantitative estimate of drug-likeness (QED) is 0.793. The number of thiophene rings is 1. The molecule has 0 radical (unpaired) electrons. The molecule has 1 amide bonds. The molecule has 0 fully saturated rings. The summed E-state index contributed by atoms with van der Waals surface area (Å²) in [4.78, 5) is 12.4. The van der Waals surface area contributed by atoms with Crippen molar-refractivity contribution in [3.8, 4) is 0 Å². The van der Waals surface area contributed by atoms with Gasteiger partial charge in [0.25, 0.3) is 5.91 Å². The highest BCUT2D eigenvalue weighted by atomic mass is 35.5. The summed E-state index contributed by atoms with van der Waals surface area (Å²) < 4.78 is 26.5. The highest BCUT2D eigenvalue weighted by Gasteiger charge is 2.23. The molecular weight excluding hydrogens is 368 g/mol. The van der Waals surface area contributed by atoms with E-state index in [2.05, 4.69) is 5.32 Å². The SMILES string of the molecule is CCN(CC)S(=O)(=O)c1ccc(Cl)c(C(=O)NCc2ccsc2)c1. The molecule has 0 aliphatic carbocycles. The second-order valence-corrected chi connectivity index (χ2v) is 8.17. The van der Waals surface area contributed by atoms with Gasteiger partial charge < -0.3 is 5.32 Å². The van der Waals surface area contributed by atoms with Crippen LogP contribution in [0.3, 0.4) is 0 Å². The van der Waals surface area contributed by atoms with E-state index < -0.39 is 15.9 Å². The average Bonchev–Trinajstić information content (AvgIpc) is 3.07. The first-order valence-electron chi connectivity index (χ1n) is 7.49. The summed E-state index contributed by atoms with van der Waals surface area (Å²) in [5.74, 6) is -0.400. The van der Waals surface area contributed by atoms with E-state index in [0.29, 0.717) is 19.6 Å². The normalized spacial score (nSPS) is 11.7. The Kier molecular flexibility index (Phi) is 6.40. The van der Waals surface area contributed by atoms with Crippen molar-refractivity contribution in [1.82, 2.24) is 9.62 Å². The maximum atomic E-state index is 12.6. The third kappa shape index (κ3) is 4.16. The van der Waals surface area contributed by atoms with Gasteiger partial charge in [-0.25, -0.2) is 8.42 Å². The molecule has 0 aliphatic rings. The van der Waals surface area contributed by atoms with E-state index in [1.165, 1.54) is 22.5 Å². The molecule has 5 nitrogen and oxygen atoms in total. The minimum atomic E-state index is -3.64. The topological polar surface area (TPSA) is 66.5 Å². The molecule has 130 valence electrons. The maximum absolute atomic E-state index is 12.6. The van der Waals surface area contributed by atoms with E-state index in [4.69, 9.17) is 11.6 Å². The molecule has 0 unspecified atom stereocenters. The molecule has 1 aromatic carbocycles. The maximum Gasteiger partial charge on any atom is 0.253 e. The summed E-state index contributed by atoms with van der Waals surface area (Å²) in [6.07, 6.45) is 0. The largest absolute Gasteiger partial charge is 0.348 e. The van der Waals surface area contributed by atoms with Crippen molar-refractivity contribution in [3.63, 3.8) is 0 Å². The van der Waals surface area contributed by atoms with Gasteiger partial charge in [0.2, 0.25) is 10.0 Å². The lowest BCUT2D eigenvalue weighted by molar-refractivity contribution is 0.0951. The third-order valence-corrected chi connectivity index (χ3v) is 6.67. The second-order valence-electron chi connectivity index (χ2n) is 5.05. The molecule has 1 aromatic heterocycles. The smallest absolute Gasteiger partial charge is 0.253 e. The summed E-state index contributed by atoms with van der Waals surface area (Å²) >= 11 is 7.62. The minimum absolute atomic E-state index is 0.0660. The summed E-state index contributed by atoms with van der Waals surface area (Å²) in [6, 6.07) is 6.11. The van der Waals surface area contributed by atoms with Crippen molar-refractivity contribution in [2.75, 3.05) is 13.1 Å². The number of sulfonamides is 1. The van der Waals surface area contributed by atoms with Crippen molar-refractivity contribution < 1.29 is 13.2 Å². The van der Waals surface area contributed by atoms with Crippen LogP contribution >= 0.6 is 22.9 Å². The first-order chi connectivity index (χ1) is 11.4. The van der Waals surface area contributed by atoms with Gasteiger partial charge in [0.1, 0.15) is 0 Å². The number of benzene rings is 1. The number of halogens is 1. The monoisotopic (exact) mass is 386 g/mol. The van der Waals surface area contributed by atoms with Crippen molar-refractivity contribution in [3.05, 3.63) is 51.2 Å². The van der Waals surface area contributed by atoms with Crippen molar-refractivity contribution in [2.24, 2.45) is 0 Å². The number of nitrogens with zero attached hydrogens (tertiary/aromatic N) is 1. The van der Waals surface area contributed by atoms with Gasteiger partial charge in [-0.2, -0.15) is 15.6 Å². The molecule has 1 N–H and O–H groups in total. The Morgan fingerprint density at radius 1 is 1.25 bits per heavy atom. The zero-order chi connectivity index (χ0) is 17.7. The molecule has 0 bridgehead atoms. The number of carbonyl (C=O) groups excluding carboxylic acids is 1. The van der Waals surface area contributed by atoms with Crippen LogP contribution in [0.15, 0.2) is 39.9 Å². The van der Waals surface area contributed by atoms with E-state index >= 15 is 0 Å². The van der Waals surface area contributed by atoms with E-state index in [0.717, 1.165) is 5.56 Å². The zero-order valence-electron chi connectivity index (χ0n) is 13.5. The molecule has 0 saturated heterocycles. The minimum Gasteiger partial charge on any atom is -0.348 e. The summed E-state index contributed by atoms with van der Waals surface area (Å²) in [5.41, 5.74) is 1.14. The van der Waals surface area contributed by atoms with Crippen LogP contribution in [-0.4, -0.2) is 31.7 Å². The van der Waals surface area contributed by atoms with Gasteiger partial charge in [0.15, 0.2) is 0 Å². The molecule has 0 aliphatic heterocycles. The van der Waals surface area contributed by atoms with Gasteiger partial charge >= 0.3 is 0 Å². The van der Waals surface area contributed by atoms with Crippen molar-refractivity contribution in [1.29, 1.82) is 0 Å². The Hall–Kier alpha value is -1.41. The van der Waals surface area contributed by atoms with Crippen LogP contribution in [0.5, 0.6) is 0 Å². The summed E-state index contributed by atoms with van der Waals surface area (Å²) in [7, 11) is -3.64. The molecule has 0 spiro atoms. The molecule has 0 saturated carbocycles. The molecule has 1 heterocycles. The van der Waals surface area contributed by atoms with E-state index in [1.54, 1.807) is 25.2 Å². The van der Waals surface area contributed by atoms with E-state index in [-0.39, 0.29) is 15.5 Å². The number of hydrogen-bond acceptors (Lipinski definition) is 4. The van der Waals surface area contributed by atoms with E-state index in [1.807, 2.05) is 16.8 Å². The standard InChI is InChI=1S/C16H19ClN2O3S2/c1-3-19(4-2)24(21,22)13-5-6-15(17)14(9-13)16(20)18-10-12-7-8-23-11-12/h5-9,11H,3-4,10H2,1-2H3,(H,18,20). The summed E-state index contributed by atoms with van der Waals surface area (Å²) in [6.45, 7) is 4.63. The number of hydrogen-bond donors (Lipinski definition) is 1. The van der Waals surface area contributed by atoms with E-state index in [9.17, 15) is 13.2 Å². The van der Waals surface area contributed by atoms with Crippen molar-refractivity contribution in [2.45, 2.75) is 25.3 Å². The van der Waals surface area contributed by atoms with Crippen LogP contribution in [0.25, 0.3) is 0 Å². The highest BCUT2D eigenvalue weighted by Crippen LogP contribution is 2.23. The van der Waals surface area contributed by atoms with Crippen molar-refractivity contribution >= 4 is 38.9 Å². The predicted octanol–water partition coefficient (Wildman–Crippen LogP) is 3.36. The molecule has 8 heteroatoms. The summed E-state index contributed by atoms with van der Waals surface area (Å²) in [5, 5.41) is 6.83. The fourth-order valence-electron chi connectivity index (χ4n) is 2.22. The Bertz CT molecular complexity index is 801.